The van der Waals surface area contributed by atoms with Gasteiger partial charge in [0.15, 0.2) is 5.78 Å². The predicted octanol–water partition coefficient (Wildman–Crippen LogP) is 3.39. The lowest BCUT2D eigenvalue weighted by Gasteiger charge is -2.62. The zero-order valence-corrected chi connectivity index (χ0v) is 19.7. The molecule has 5 fully saturated rings. The van der Waals surface area contributed by atoms with Gasteiger partial charge in [0.1, 0.15) is 0 Å². The summed E-state index contributed by atoms with van der Waals surface area (Å²) >= 11 is 0. The summed E-state index contributed by atoms with van der Waals surface area (Å²) < 4.78 is 0. The van der Waals surface area contributed by atoms with Gasteiger partial charge >= 0.3 is 0 Å². The van der Waals surface area contributed by atoms with Crippen molar-refractivity contribution in [2.75, 3.05) is 26.2 Å². The number of aliphatic hydroxyl groups is 2. The standard InChI is InChI=1S/C26H44N2O3/c1-17-14-27-28(15-17)16-24(31)23-6-5-21-20-4-3-18-13-19(30)7-10-26(18,11-12-29)22(20)8-9-25(21,23)2/h17-23,27,29-30H,3-16H2,1-2H3/t17?,18-,19+,20-,21-,22-,23+,25-,26+/m0/s1. The first-order valence-corrected chi connectivity index (χ1v) is 13.2. The maximum absolute atomic E-state index is 13.4. The Balaban J connectivity index is 1.34. The van der Waals surface area contributed by atoms with Gasteiger partial charge in [0.2, 0.25) is 0 Å². The van der Waals surface area contributed by atoms with Crippen LogP contribution < -0.4 is 5.43 Å². The Hall–Kier alpha value is -0.490. The molecule has 1 heterocycles. The Morgan fingerprint density at radius 3 is 2.68 bits per heavy atom. The van der Waals surface area contributed by atoms with E-state index < -0.39 is 0 Å². The lowest BCUT2D eigenvalue weighted by atomic mass is 9.43. The zero-order valence-electron chi connectivity index (χ0n) is 19.7. The van der Waals surface area contributed by atoms with Gasteiger partial charge in [-0.15, -0.1) is 0 Å². The third kappa shape index (κ3) is 3.62. The Bertz CT molecular complexity index is 686. The fourth-order valence-electron chi connectivity index (χ4n) is 9.47. The van der Waals surface area contributed by atoms with Crippen LogP contribution >= 0.6 is 0 Å². The van der Waals surface area contributed by atoms with Crippen LogP contribution in [0.4, 0.5) is 0 Å². The first kappa shape index (κ1) is 22.3. The Morgan fingerprint density at radius 1 is 1.10 bits per heavy atom. The number of nitrogens with zero attached hydrogens (tertiary/aromatic N) is 1. The van der Waals surface area contributed by atoms with E-state index in [1.165, 1.54) is 32.1 Å². The van der Waals surface area contributed by atoms with Gasteiger partial charge in [0.25, 0.3) is 0 Å². The molecule has 4 aliphatic carbocycles. The van der Waals surface area contributed by atoms with E-state index in [2.05, 4.69) is 24.3 Å². The molecule has 1 saturated heterocycles. The highest BCUT2D eigenvalue weighted by atomic mass is 16.3. The van der Waals surface area contributed by atoms with Crippen LogP contribution in [0.15, 0.2) is 0 Å². The number of hydrogen-bond donors (Lipinski definition) is 3. The van der Waals surface area contributed by atoms with Gasteiger partial charge in [-0.1, -0.05) is 13.8 Å². The Kier molecular flexibility index (Phi) is 6.03. The molecule has 5 nitrogen and oxygen atoms in total. The summed E-state index contributed by atoms with van der Waals surface area (Å²) in [4.78, 5) is 13.4. The molecule has 0 bridgehead atoms. The first-order valence-electron chi connectivity index (χ1n) is 13.2. The van der Waals surface area contributed by atoms with Crippen molar-refractivity contribution >= 4 is 5.78 Å². The molecule has 4 saturated carbocycles. The maximum Gasteiger partial charge on any atom is 0.151 e. The van der Waals surface area contributed by atoms with Crippen molar-refractivity contribution in [1.82, 2.24) is 10.4 Å². The van der Waals surface area contributed by atoms with Crippen LogP contribution in [0.2, 0.25) is 0 Å². The number of Topliss-reactive ketones (excluding diaryl/α,β-unsaturated/α-hetero) is 1. The van der Waals surface area contributed by atoms with Crippen molar-refractivity contribution in [2.45, 2.75) is 84.2 Å². The van der Waals surface area contributed by atoms with Crippen LogP contribution in [-0.2, 0) is 4.79 Å². The van der Waals surface area contributed by atoms with Gasteiger partial charge < -0.3 is 10.2 Å². The summed E-state index contributed by atoms with van der Waals surface area (Å²) in [6.07, 6.45) is 10.8. The van der Waals surface area contributed by atoms with E-state index in [9.17, 15) is 15.0 Å². The summed E-state index contributed by atoms with van der Waals surface area (Å²) in [5, 5.41) is 22.5. The topological polar surface area (TPSA) is 72.8 Å². The number of carbonyl (C=O) groups excluding carboxylic acids is 1. The number of rotatable bonds is 5. The van der Waals surface area contributed by atoms with Crippen molar-refractivity contribution < 1.29 is 15.0 Å². The number of nitrogens with one attached hydrogen (secondary N) is 1. The van der Waals surface area contributed by atoms with Crippen molar-refractivity contribution in [3.8, 4) is 0 Å². The van der Waals surface area contributed by atoms with Gasteiger partial charge in [0, 0.05) is 25.6 Å². The molecular formula is C26H44N2O3. The number of hydrazine groups is 1. The van der Waals surface area contributed by atoms with Crippen molar-refractivity contribution in [2.24, 2.45) is 46.3 Å². The molecule has 1 unspecified atom stereocenters. The monoisotopic (exact) mass is 432 g/mol. The zero-order chi connectivity index (χ0) is 21.8. The van der Waals surface area contributed by atoms with E-state index in [4.69, 9.17) is 0 Å². The molecule has 0 aromatic rings. The van der Waals surface area contributed by atoms with E-state index >= 15 is 0 Å². The minimum atomic E-state index is -0.141. The van der Waals surface area contributed by atoms with Crippen LogP contribution in [0.1, 0.15) is 78.1 Å². The SMILES string of the molecule is CC1CNN(CC(=O)[C@H]2CC[C@H]3[C@@H]4CC[C@H]5C[C@H](O)CC[C@]5(CCO)[C@H]4CC[C@]23C)C1. The second-order valence-electron chi connectivity index (χ2n) is 12.3. The minimum absolute atomic E-state index is 0.141. The average molecular weight is 433 g/mol. The van der Waals surface area contributed by atoms with Crippen LogP contribution in [0, 0.1) is 46.3 Å². The molecule has 3 N–H and O–H groups in total. The van der Waals surface area contributed by atoms with E-state index in [0.717, 1.165) is 45.2 Å². The molecule has 9 atom stereocenters. The first-order chi connectivity index (χ1) is 14.9. The second-order valence-corrected chi connectivity index (χ2v) is 12.3. The van der Waals surface area contributed by atoms with E-state index in [1.54, 1.807) is 0 Å². The highest BCUT2D eigenvalue weighted by Crippen LogP contribution is 2.68. The van der Waals surface area contributed by atoms with Crippen LogP contribution in [-0.4, -0.2) is 53.4 Å². The van der Waals surface area contributed by atoms with Gasteiger partial charge in [-0.25, -0.2) is 5.01 Å². The number of aliphatic hydroxyl groups excluding tert-OH is 2. The summed E-state index contributed by atoms with van der Waals surface area (Å²) in [7, 11) is 0. The van der Waals surface area contributed by atoms with Crippen molar-refractivity contribution in [1.29, 1.82) is 0 Å². The highest BCUT2D eigenvalue weighted by Gasteiger charge is 2.62. The minimum Gasteiger partial charge on any atom is -0.396 e. The van der Waals surface area contributed by atoms with Gasteiger partial charge in [-0.05, 0) is 105 Å². The summed E-state index contributed by atoms with van der Waals surface area (Å²) in [5.41, 5.74) is 3.80. The predicted molar refractivity (Wildman–Crippen MR) is 121 cm³/mol. The van der Waals surface area contributed by atoms with Crippen molar-refractivity contribution in [3.05, 3.63) is 0 Å². The van der Waals surface area contributed by atoms with Crippen LogP contribution in [0.3, 0.4) is 0 Å². The maximum atomic E-state index is 13.4. The third-order valence-electron chi connectivity index (χ3n) is 10.8. The third-order valence-corrected chi connectivity index (χ3v) is 10.8. The smallest absolute Gasteiger partial charge is 0.151 e. The van der Waals surface area contributed by atoms with Gasteiger partial charge in [-0.2, -0.15) is 0 Å². The highest BCUT2D eigenvalue weighted by molar-refractivity contribution is 5.84. The Labute approximate surface area is 188 Å². The molecule has 31 heavy (non-hydrogen) atoms. The molecule has 5 rings (SSSR count). The van der Waals surface area contributed by atoms with E-state index in [1.807, 2.05) is 0 Å². The molecule has 0 amide bonds. The molecule has 176 valence electrons. The van der Waals surface area contributed by atoms with E-state index in [0.29, 0.717) is 41.9 Å². The summed E-state index contributed by atoms with van der Waals surface area (Å²) in [6.45, 7) is 7.51. The van der Waals surface area contributed by atoms with Crippen molar-refractivity contribution in [3.63, 3.8) is 0 Å². The summed E-state index contributed by atoms with van der Waals surface area (Å²) in [5.74, 6) is 3.94. The quantitative estimate of drug-likeness (QED) is 0.621. The lowest BCUT2D eigenvalue weighted by molar-refractivity contribution is -0.149. The normalized spacial score (nSPS) is 50.0. The van der Waals surface area contributed by atoms with Crippen LogP contribution in [0.5, 0.6) is 0 Å². The lowest BCUT2D eigenvalue weighted by Crippen LogP contribution is -2.56. The molecule has 1 aliphatic heterocycles. The van der Waals surface area contributed by atoms with E-state index in [-0.39, 0.29) is 29.5 Å². The summed E-state index contributed by atoms with van der Waals surface area (Å²) in [6, 6.07) is 0. The number of carbonyl (C=O) groups is 1. The van der Waals surface area contributed by atoms with Crippen LogP contribution in [0.25, 0.3) is 0 Å². The number of fused-ring (bicyclic) bond motifs is 5. The Morgan fingerprint density at radius 2 is 1.94 bits per heavy atom. The average Bonchev–Trinajstić information content (AvgIpc) is 3.30. The van der Waals surface area contributed by atoms with Gasteiger partial charge in [-0.3, -0.25) is 10.2 Å². The second kappa shape index (κ2) is 8.38. The molecular weight excluding hydrogens is 388 g/mol. The number of hydrogen-bond acceptors (Lipinski definition) is 5. The molecule has 5 heteroatoms. The molecule has 0 radical (unpaired) electrons. The fraction of sp³-hybridized carbons (Fsp3) is 0.962. The molecule has 0 aromatic carbocycles. The largest absolute Gasteiger partial charge is 0.396 e. The molecule has 0 spiro atoms. The fourth-order valence-corrected chi connectivity index (χ4v) is 9.47. The molecule has 0 aromatic heterocycles. The number of ketones is 1. The molecule has 5 aliphatic rings. The van der Waals surface area contributed by atoms with Gasteiger partial charge in [0.05, 0.1) is 12.6 Å².